The third-order valence-corrected chi connectivity index (χ3v) is 5.12. The first kappa shape index (κ1) is 16.4. The Morgan fingerprint density at radius 2 is 2.23 bits per heavy atom. The predicted octanol–water partition coefficient (Wildman–Crippen LogP) is 1.18. The number of amides is 1. The molecule has 1 atom stereocenters. The van der Waals surface area contributed by atoms with Crippen molar-refractivity contribution in [1.29, 1.82) is 0 Å². The van der Waals surface area contributed by atoms with Crippen molar-refractivity contribution in [2.75, 3.05) is 25.2 Å². The highest BCUT2D eigenvalue weighted by atomic mass is 32.2. The van der Waals surface area contributed by atoms with Gasteiger partial charge in [0.25, 0.3) is 5.91 Å². The lowest BCUT2D eigenvalue weighted by Gasteiger charge is -2.13. The summed E-state index contributed by atoms with van der Waals surface area (Å²) in [6.45, 7) is 3.90. The molecule has 1 N–H and O–H groups in total. The summed E-state index contributed by atoms with van der Waals surface area (Å²) in [5.41, 5.74) is 0.395. The van der Waals surface area contributed by atoms with E-state index in [1.54, 1.807) is 24.3 Å². The summed E-state index contributed by atoms with van der Waals surface area (Å²) in [6.07, 6.45) is 2.06. The van der Waals surface area contributed by atoms with E-state index in [9.17, 15) is 13.2 Å². The first-order chi connectivity index (χ1) is 10.4. The maximum absolute atomic E-state index is 12.2. The molecule has 120 valence electrons. The van der Waals surface area contributed by atoms with Crippen LogP contribution in [0.3, 0.4) is 0 Å². The quantitative estimate of drug-likeness (QED) is 0.794. The molecule has 2 rings (SSSR count). The van der Waals surface area contributed by atoms with E-state index in [1.807, 2.05) is 0 Å². The molecule has 1 fully saturated rings. The molecule has 0 bridgehead atoms. The van der Waals surface area contributed by atoms with Gasteiger partial charge in [-0.15, -0.1) is 0 Å². The first-order valence-electron chi connectivity index (χ1n) is 6.88. The van der Waals surface area contributed by atoms with E-state index < -0.39 is 9.84 Å². The summed E-state index contributed by atoms with van der Waals surface area (Å²) in [6, 6.07) is 4.49. The highest BCUT2D eigenvalue weighted by molar-refractivity contribution is 7.91. The van der Waals surface area contributed by atoms with E-state index in [-0.39, 0.29) is 23.5 Å². The van der Waals surface area contributed by atoms with Crippen molar-refractivity contribution in [1.82, 2.24) is 5.32 Å². The monoisotopic (exact) mass is 325 g/mol. The van der Waals surface area contributed by atoms with Crippen molar-refractivity contribution in [3.05, 3.63) is 36.4 Å². The van der Waals surface area contributed by atoms with Gasteiger partial charge in [-0.3, -0.25) is 4.79 Å². The van der Waals surface area contributed by atoms with Gasteiger partial charge in [-0.05, 0) is 24.6 Å². The average Bonchev–Trinajstić information content (AvgIpc) is 2.83. The van der Waals surface area contributed by atoms with Crippen molar-refractivity contribution >= 4 is 15.7 Å². The van der Waals surface area contributed by atoms with Gasteiger partial charge in [0.05, 0.1) is 18.6 Å². The van der Waals surface area contributed by atoms with E-state index in [2.05, 4.69) is 11.9 Å². The number of rotatable bonds is 6. The minimum atomic E-state index is -3.02. The van der Waals surface area contributed by atoms with Gasteiger partial charge in [-0.1, -0.05) is 12.7 Å². The smallest absolute Gasteiger partial charge is 0.251 e. The minimum Gasteiger partial charge on any atom is -0.493 e. The van der Waals surface area contributed by atoms with Crippen LogP contribution in [0.25, 0.3) is 0 Å². The van der Waals surface area contributed by atoms with E-state index in [4.69, 9.17) is 9.47 Å². The van der Waals surface area contributed by atoms with Gasteiger partial charge in [0, 0.05) is 11.6 Å². The largest absolute Gasteiger partial charge is 0.493 e. The fourth-order valence-corrected chi connectivity index (χ4v) is 3.93. The topological polar surface area (TPSA) is 81.7 Å². The molecular formula is C15H19NO5S. The molecular weight excluding hydrogens is 306 g/mol. The number of hydrogen-bond donors (Lipinski definition) is 1. The molecule has 1 aliphatic rings. The number of sulfone groups is 1. The molecule has 0 spiro atoms. The van der Waals surface area contributed by atoms with Crippen LogP contribution in [0.15, 0.2) is 30.9 Å². The van der Waals surface area contributed by atoms with Crippen LogP contribution in [0.5, 0.6) is 11.5 Å². The van der Waals surface area contributed by atoms with E-state index in [0.717, 1.165) is 0 Å². The second-order valence-corrected chi connectivity index (χ2v) is 7.27. The van der Waals surface area contributed by atoms with Crippen LogP contribution in [0.4, 0.5) is 0 Å². The first-order valence-corrected chi connectivity index (χ1v) is 8.70. The molecule has 22 heavy (non-hydrogen) atoms. The Hall–Kier alpha value is -2.02. The van der Waals surface area contributed by atoms with Gasteiger partial charge in [-0.2, -0.15) is 0 Å². The van der Waals surface area contributed by atoms with E-state index >= 15 is 0 Å². The van der Waals surface area contributed by atoms with Crippen molar-refractivity contribution in [3.8, 4) is 11.5 Å². The standard InChI is InChI=1S/C15H19NO5S/c1-3-7-21-13-5-4-11(9-14(13)20-2)15(17)16-12-6-8-22(18,19)10-12/h3-5,9,12H,1,6-8,10H2,2H3,(H,16,17). The van der Waals surface area contributed by atoms with Crippen LogP contribution in [-0.2, 0) is 9.84 Å². The second kappa shape index (κ2) is 6.83. The Kier molecular flexibility index (Phi) is 5.07. The summed E-state index contributed by atoms with van der Waals surface area (Å²) in [7, 11) is -1.53. The fraction of sp³-hybridized carbons (Fsp3) is 0.400. The zero-order valence-electron chi connectivity index (χ0n) is 12.4. The van der Waals surface area contributed by atoms with Crippen molar-refractivity contribution in [2.24, 2.45) is 0 Å². The molecule has 1 saturated heterocycles. The summed E-state index contributed by atoms with van der Waals surface area (Å²) >= 11 is 0. The van der Waals surface area contributed by atoms with Crippen LogP contribution in [0.2, 0.25) is 0 Å². The number of benzene rings is 1. The highest BCUT2D eigenvalue weighted by Crippen LogP contribution is 2.28. The van der Waals surface area contributed by atoms with Crippen LogP contribution in [-0.4, -0.2) is 45.6 Å². The van der Waals surface area contributed by atoms with Gasteiger partial charge in [0.1, 0.15) is 6.61 Å². The van der Waals surface area contributed by atoms with E-state index in [1.165, 1.54) is 7.11 Å². The predicted molar refractivity (Wildman–Crippen MR) is 83.2 cm³/mol. The summed E-state index contributed by atoms with van der Waals surface area (Å²) in [4.78, 5) is 12.2. The maximum atomic E-state index is 12.2. The molecule has 1 unspecified atom stereocenters. The van der Waals surface area contributed by atoms with Gasteiger partial charge >= 0.3 is 0 Å². The third kappa shape index (κ3) is 4.00. The Morgan fingerprint density at radius 3 is 2.82 bits per heavy atom. The van der Waals surface area contributed by atoms with Gasteiger partial charge in [0.2, 0.25) is 0 Å². The number of carbonyl (C=O) groups is 1. The molecule has 1 heterocycles. The van der Waals surface area contributed by atoms with Crippen molar-refractivity contribution in [2.45, 2.75) is 12.5 Å². The lowest BCUT2D eigenvalue weighted by atomic mass is 10.1. The molecule has 0 aromatic heterocycles. The van der Waals surface area contributed by atoms with Crippen LogP contribution in [0.1, 0.15) is 16.8 Å². The molecule has 0 radical (unpaired) electrons. The second-order valence-electron chi connectivity index (χ2n) is 5.04. The normalized spacial score (nSPS) is 19.4. The zero-order chi connectivity index (χ0) is 16.2. The SMILES string of the molecule is C=CCOc1ccc(C(=O)NC2CCS(=O)(=O)C2)cc1OC. The average molecular weight is 325 g/mol. The zero-order valence-corrected chi connectivity index (χ0v) is 13.2. The molecule has 1 aliphatic heterocycles. The Bertz CT molecular complexity index is 669. The number of hydrogen-bond acceptors (Lipinski definition) is 5. The van der Waals surface area contributed by atoms with Crippen LogP contribution >= 0.6 is 0 Å². The molecule has 0 aliphatic carbocycles. The molecule has 1 aromatic rings. The lowest BCUT2D eigenvalue weighted by Crippen LogP contribution is -2.35. The summed E-state index contributed by atoms with van der Waals surface area (Å²) in [5, 5.41) is 2.73. The molecule has 1 amide bonds. The van der Waals surface area contributed by atoms with Gasteiger partial charge in [0.15, 0.2) is 21.3 Å². The van der Waals surface area contributed by atoms with Gasteiger partial charge in [-0.25, -0.2) is 8.42 Å². The number of methoxy groups -OCH3 is 1. The number of carbonyl (C=O) groups excluding carboxylic acids is 1. The Balaban J connectivity index is 2.08. The Morgan fingerprint density at radius 1 is 1.45 bits per heavy atom. The van der Waals surface area contributed by atoms with Crippen molar-refractivity contribution < 1.29 is 22.7 Å². The molecule has 6 nitrogen and oxygen atoms in total. The number of nitrogens with one attached hydrogen (secondary N) is 1. The van der Waals surface area contributed by atoms with Crippen LogP contribution in [0, 0.1) is 0 Å². The third-order valence-electron chi connectivity index (χ3n) is 3.35. The maximum Gasteiger partial charge on any atom is 0.251 e. The fourth-order valence-electron chi connectivity index (χ4n) is 2.25. The van der Waals surface area contributed by atoms with Gasteiger partial charge < -0.3 is 14.8 Å². The van der Waals surface area contributed by atoms with Crippen molar-refractivity contribution in [3.63, 3.8) is 0 Å². The molecule has 0 saturated carbocycles. The molecule has 7 heteroatoms. The van der Waals surface area contributed by atoms with E-state index in [0.29, 0.717) is 30.1 Å². The minimum absolute atomic E-state index is 0.00357. The lowest BCUT2D eigenvalue weighted by molar-refractivity contribution is 0.0940. The number of ether oxygens (including phenoxy) is 2. The summed E-state index contributed by atoms with van der Waals surface area (Å²) in [5.74, 6) is 0.748. The highest BCUT2D eigenvalue weighted by Gasteiger charge is 2.29. The summed E-state index contributed by atoms with van der Waals surface area (Å²) < 4.78 is 33.4. The van der Waals surface area contributed by atoms with Crippen LogP contribution < -0.4 is 14.8 Å². The molecule has 1 aromatic carbocycles. The Labute approximate surface area is 130 Å².